The molecule has 1 aromatic rings. The minimum absolute atomic E-state index is 0.0118. The molecule has 0 saturated carbocycles. The largest absolute Gasteiger partial charge is 0.493 e. The minimum atomic E-state index is -0.182. The summed E-state index contributed by atoms with van der Waals surface area (Å²) in [4.78, 5) is 13.6. The van der Waals surface area contributed by atoms with Gasteiger partial charge < -0.3 is 9.64 Å². The molecule has 1 heterocycles. The number of amides is 1. The quantitative estimate of drug-likeness (QED) is 0.724. The zero-order chi connectivity index (χ0) is 12.3. The number of likely N-dealkylation sites (N-methyl/N-ethyl adjacent to an activating group) is 1. The van der Waals surface area contributed by atoms with Gasteiger partial charge in [-0.25, -0.2) is 0 Å². The number of fused-ring (bicyclic) bond motifs is 1. The van der Waals surface area contributed by atoms with Gasteiger partial charge in [0.25, 0.3) is 0 Å². The Labute approximate surface area is 100 Å². The Hall–Kier alpha value is -2.02. The SMILES string of the molecule is CN(CC#N)C(=O)C1CCOc2ccccc21. The maximum atomic E-state index is 12.2. The third-order valence-electron chi connectivity index (χ3n) is 2.94. The van der Waals surface area contributed by atoms with Crippen LogP contribution in [0.3, 0.4) is 0 Å². The van der Waals surface area contributed by atoms with Gasteiger partial charge in [-0.15, -0.1) is 0 Å². The van der Waals surface area contributed by atoms with Crippen LogP contribution in [-0.2, 0) is 4.79 Å². The number of benzene rings is 1. The van der Waals surface area contributed by atoms with Crippen LogP contribution in [0.15, 0.2) is 24.3 Å². The molecule has 2 rings (SSSR count). The smallest absolute Gasteiger partial charge is 0.230 e. The molecule has 0 spiro atoms. The molecule has 0 N–H and O–H groups in total. The molecule has 1 atom stereocenters. The first-order chi connectivity index (χ1) is 8.24. The van der Waals surface area contributed by atoms with Crippen LogP contribution in [-0.4, -0.2) is 31.0 Å². The molecule has 17 heavy (non-hydrogen) atoms. The summed E-state index contributed by atoms with van der Waals surface area (Å²) in [5.74, 6) is 0.586. The van der Waals surface area contributed by atoms with E-state index in [0.29, 0.717) is 13.0 Å². The fourth-order valence-corrected chi connectivity index (χ4v) is 2.05. The Balaban J connectivity index is 2.24. The van der Waals surface area contributed by atoms with Crippen molar-refractivity contribution in [3.05, 3.63) is 29.8 Å². The molecule has 0 aliphatic carbocycles. The molecule has 0 radical (unpaired) electrons. The second kappa shape index (κ2) is 4.88. The predicted octanol–water partition coefficient (Wildman–Crippen LogP) is 1.53. The number of ether oxygens (including phenoxy) is 1. The van der Waals surface area contributed by atoms with Gasteiger partial charge in [-0.05, 0) is 12.5 Å². The fraction of sp³-hybridized carbons (Fsp3) is 0.385. The second-order valence-corrected chi connectivity index (χ2v) is 4.08. The number of para-hydroxylation sites is 1. The molecule has 88 valence electrons. The van der Waals surface area contributed by atoms with Crippen LogP contribution in [0.5, 0.6) is 5.75 Å². The molecular formula is C13H14N2O2. The van der Waals surface area contributed by atoms with Crippen molar-refractivity contribution in [1.82, 2.24) is 4.90 Å². The molecular weight excluding hydrogens is 216 g/mol. The summed E-state index contributed by atoms with van der Waals surface area (Å²) in [6.07, 6.45) is 0.672. The van der Waals surface area contributed by atoms with Crippen LogP contribution >= 0.6 is 0 Å². The van der Waals surface area contributed by atoms with Gasteiger partial charge in [0.15, 0.2) is 0 Å². The van der Waals surface area contributed by atoms with Crippen LogP contribution in [0.1, 0.15) is 17.9 Å². The molecule has 0 saturated heterocycles. The lowest BCUT2D eigenvalue weighted by atomic mass is 9.92. The number of rotatable bonds is 2. The van der Waals surface area contributed by atoms with Crippen molar-refractivity contribution in [3.8, 4) is 11.8 Å². The van der Waals surface area contributed by atoms with Crippen molar-refractivity contribution < 1.29 is 9.53 Å². The van der Waals surface area contributed by atoms with E-state index in [1.165, 1.54) is 4.90 Å². The van der Waals surface area contributed by atoms with E-state index in [-0.39, 0.29) is 18.4 Å². The monoisotopic (exact) mass is 230 g/mol. The zero-order valence-electron chi connectivity index (χ0n) is 9.72. The standard InChI is InChI=1S/C13H14N2O2/c1-15(8-7-14)13(16)11-6-9-17-12-5-3-2-4-10(11)12/h2-5,11H,6,8-9H2,1H3. The zero-order valence-corrected chi connectivity index (χ0v) is 9.72. The number of nitrogens with zero attached hydrogens (tertiary/aromatic N) is 2. The van der Waals surface area contributed by atoms with Crippen LogP contribution in [0.2, 0.25) is 0 Å². The summed E-state index contributed by atoms with van der Waals surface area (Å²) in [7, 11) is 1.66. The van der Waals surface area contributed by atoms with E-state index in [0.717, 1.165) is 11.3 Å². The lowest BCUT2D eigenvalue weighted by molar-refractivity contribution is -0.131. The Kier molecular flexibility index (Phi) is 3.29. The van der Waals surface area contributed by atoms with E-state index in [2.05, 4.69) is 0 Å². The summed E-state index contributed by atoms with van der Waals surface area (Å²) in [5.41, 5.74) is 0.925. The predicted molar refractivity (Wildman–Crippen MR) is 62.5 cm³/mol. The number of hydrogen-bond acceptors (Lipinski definition) is 3. The van der Waals surface area contributed by atoms with Crippen molar-refractivity contribution in [2.75, 3.05) is 20.2 Å². The first-order valence-corrected chi connectivity index (χ1v) is 5.57. The Morgan fingerprint density at radius 2 is 2.35 bits per heavy atom. The van der Waals surface area contributed by atoms with Gasteiger partial charge in [-0.2, -0.15) is 5.26 Å². The molecule has 1 aromatic carbocycles. The minimum Gasteiger partial charge on any atom is -0.493 e. The number of carbonyl (C=O) groups is 1. The Morgan fingerprint density at radius 1 is 1.59 bits per heavy atom. The molecule has 1 aliphatic heterocycles. The fourth-order valence-electron chi connectivity index (χ4n) is 2.05. The summed E-state index contributed by atoms with van der Waals surface area (Å²) in [5, 5.41) is 8.61. The Bertz CT molecular complexity index is 465. The van der Waals surface area contributed by atoms with Crippen molar-refractivity contribution in [2.45, 2.75) is 12.3 Å². The first kappa shape index (κ1) is 11.5. The van der Waals surface area contributed by atoms with Crippen LogP contribution in [0, 0.1) is 11.3 Å². The van der Waals surface area contributed by atoms with Gasteiger partial charge in [-0.1, -0.05) is 18.2 Å². The molecule has 0 aromatic heterocycles. The summed E-state index contributed by atoms with van der Waals surface area (Å²) in [6.45, 7) is 0.673. The van der Waals surface area contributed by atoms with Gasteiger partial charge in [0.1, 0.15) is 12.3 Å². The molecule has 0 fully saturated rings. The molecule has 4 heteroatoms. The topological polar surface area (TPSA) is 53.3 Å². The van der Waals surface area contributed by atoms with E-state index < -0.39 is 0 Å². The van der Waals surface area contributed by atoms with E-state index in [4.69, 9.17) is 10.00 Å². The normalized spacial score (nSPS) is 17.5. The van der Waals surface area contributed by atoms with Crippen molar-refractivity contribution in [2.24, 2.45) is 0 Å². The van der Waals surface area contributed by atoms with Crippen LogP contribution in [0.25, 0.3) is 0 Å². The van der Waals surface area contributed by atoms with Crippen molar-refractivity contribution >= 4 is 5.91 Å². The Morgan fingerprint density at radius 3 is 3.12 bits per heavy atom. The number of hydrogen-bond donors (Lipinski definition) is 0. The van der Waals surface area contributed by atoms with E-state index in [9.17, 15) is 4.79 Å². The van der Waals surface area contributed by atoms with E-state index in [1.807, 2.05) is 30.3 Å². The van der Waals surface area contributed by atoms with E-state index >= 15 is 0 Å². The maximum absolute atomic E-state index is 12.2. The first-order valence-electron chi connectivity index (χ1n) is 5.57. The van der Waals surface area contributed by atoms with Crippen LogP contribution < -0.4 is 4.74 Å². The van der Waals surface area contributed by atoms with Crippen molar-refractivity contribution in [1.29, 1.82) is 5.26 Å². The molecule has 0 bridgehead atoms. The van der Waals surface area contributed by atoms with E-state index in [1.54, 1.807) is 7.05 Å². The lowest BCUT2D eigenvalue weighted by Gasteiger charge is -2.27. The van der Waals surface area contributed by atoms with Crippen molar-refractivity contribution in [3.63, 3.8) is 0 Å². The lowest BCUT2D eigenvalue weighted by Crippen LogP contribution is -2.34. The maximum Gasteiger partial charge on any atom is 0.230 e. The highest BCUT2D eigenvalue weighted by Crippen LogP contribution is 2.34. The van der Waals surface area contributed by atoms with Gasteiger partial charge in [-0.3, -0.25) is 4.79 Å². The second-order valence-electron chi connectivity index (χ2n) is 4.08. The molecule has 1 unspecified atom stereocenters. The van der Waals surface area contributed by atoms with Gasteiger partial charge in [0.2, 0.25) is 5.91 Å². The average Bonchev–Trinajstić information content (AvgIpc) is 2.37. The number of carbonyl (C=O) groups excluding carboxylic acids is 1. The highest BCUT2D eigenvalue weighted by molar-refractivity contribution is 5.84. The van der Waals surface area contributed by atoms with Gasteiger partial charge in [0.05, 0.1) is 18.6 Å². The third kappa shape index (κ3) is 2.23. The van der Waals surface area contributed by atoms with Gasteiger partial charge in [0, 0.05) is 12.6 Å². The number of nitriles is 1. The van der Waals surface area contributed by atoms with Gasteiger partial charge >= 0.3 is 0 Å². The third-order valence-corrected chi connectivity index (χ3v) is 2.94. The molecule has 1 amide bonds. The molecule has 1 aliphatic rings. The summed E-state index contributed by atoms with van der Waals surface area (Å²) < 4.78 is 5.51. The summed E-state index contributed by atoms with van der Waals surface area (Å²) >= 11 is 0. The molecule has 4 nitrogen and oxygen atoms in total. The highest BCUT2D eigenvalue weighted by atomic mass is 16.5. The highest BCUT2D eigenvalue weighted by Gasteiger charge is 2.29. The summed E-state index contributed by atoms with van der Waals surface area (Å²) in [6, 6.07) is 9.57. The van der Waals surface area contributed by atoms with Crippen LogP contribution in [0.4, 0.5) is 0 Å². The average molecular weight is 230 g/mol.